The summed E-state index contributed by atoms with van der Waals surface area (Å²) in [6.07, 6.45) is 1.34. The Labute approximate surface area is 109 Å². The average Bonchev–Trinajstić information content (AvgIpc) is 2.42. The van der Waals surface area contributed by atoms with Crippen molar-refractivity contribution in [1.82, 2.24) is 9.97 Å². The summed E-state index contributed by atoms with van der Waals surface area (Å²) in [6.45, 7) is 1.78. The number of nitrogen functional groups attached to an aromatic ring is 1. The van der Waals surface area contributed by atoms with Gasteiger partial charge in [0.05, 0.1) is 5.56 Å². The van der Waals surface area contributed by atoms with Crippen molar-refractivity contribution in [2.24, 2.45) is 11.6 Å². The molecular formula is C12H13N5O2. The molecule has 0 saturated heterocycles. The van der Waals surface area contributed by atoms with Crippen LogP contribution in [0.1, 0.15) is 15.9 Å². The highest BCUT2D eigenvalue weighted by atomic mass is 16.5. The van der Waals surface area contributed by atoms with E-state index in [9.17, 15) is 4.79 Å². The van der Waals surface area contributed by atoms with Gasteiger partial charge in [-0.25, -0.2) is 15.8 Å². The molecule has 0 saturated carbocycles. The summed E-state index contributed by atoms with van der Waals surface area (Å²) >= 11 is 0. The van der Waals surface area contributed by atoms with Gasteiger partial charge in [0.1, 0.15) is 17.9 Å². The fraction of sp³-hybridized carbons (Fsp3) is 0.0833. The van der Waals surface area contributed by atoms with Gasteiger partial charge in [-0.05, 0) is 31.2 Å². The van der Waals surface area contributed by atoms with Crippen molar-refractivity contribution in [1.29, 1.82) is 0 Å². The summed E-state index contributed by atoms with van der Waals surface area (Å²) in [4.78, 5) is 18.9. The molecule has 5 N–H and O–H groups in total. The Morgan fingerprint density at radius 2 is 1.95 bits per heavy atom. The van der Waals surface area contributed by atoms with E-state index < -0.39 is 5.91 Å². The van der Waals surface area contributed by atoms with E-state index in [0.717, 1.165) is 0 Å². The number of amides is 1. The monoisotopic (exact) mass is 259 g/mol. The quantitative estimate of drug-likeness (QED) is 0.556. The van der Waals surface area contributed by atoms with E-state index in [4.69, 9.17) is 16.3 Å². The summed E-state index contributed by atoms with van der Waals surface area (Å²) in [6, 6.07) is 6.43. The van der Waals surface area contributed by atoms with Gasteiger partial charge in [-0.15, -0.1) is 0 Å². The summed E-state index contributed by atoms with van der Waals surface area (Å²) in [5.74, 6) is 6.24. The molecule has 2 aromatic rings. The Kier molecular flexibility index (Phi) is 3.58. The van der Waals surface area contributed by atoms with Gasteiger partial charge in [0.25, 0.3) is 0 Å². The lowest BCUT2D eigenvalue weighted by Crippen LogP contribution is -2.11. The molecule has 0 radical (unpaired) electrons. The minimum Gasteiger partial charge on any atom is -0.439 e. The second-order valence-corrected chi connectivity index (χ2v) is 3.79. The van der Waals surface area contributed by atoms with Gasteiger partial charge in [0.2, 0.25) is 11.8 Å². The van der Waals surface area contributed by atoms with Crippen LogP contribution in [0.4, 0.5) is 5.82 Å². The Bertz CT molecular complexity index is 598. The van der Waals surface area contributed by atoms with Gasteiger partial charge < -0.3 is 15.9 Å². The number of hydrogen-bond donors (Lipinski definition) is 3. The molecule has 1 aromatic carbocycles. The predicted molar refractivity (Wildman–Crippen MR) is 69.6 cm³/mol. The van der Waals surface area contributed by atoms with E-state index in [1.54, 1.807) is 31.2 Å². The lowest BCUT2D eigenvalue weighted by atomic mass is 10.2. The number of nitrogens with two attached hydrogens (primary N) is 2. The molecule has 1 heterocycles. The molecule has 1 amide bonds. The van der Waals surface area contributed by atoms with Crippen molar-refractivity contribution >= 4 is 11.7 Å². The summed E-state index contributed by atoms with van der Waals surface area (Å²) in [5, 5.41) is 0. The van der Waals surface area contributed by atoms with Crippen molar-refractivity contribution in [2.75, 3.05) is 5.43 Å². The zero-order valence-corrected chi connectivity index (χ0v) is 10.3. The molecule has 19 heavy (non-hydrogen) atoms. The molecule has 0 unspecified atom stereocenters. The van der Waals surface area contributed by atoms with Crippen molar-refractivity contribution in [3.63, 3.8) is 0 Å². The number of aromatic nitrogens is 2. The van der Waals surface area contributed by atoms with E-state index in [0.29, 0.717) is 28.6 Å². The van der Waals surface area contributed by atoms with Crippen LogP contribution >= 0.6 is 0 Å². The summed E-state index contributed by atoms with van der Waals surface area (Å²) < 4.78 is 5.59. The Balaban J connectivity index is 2.24. The number of carbonyl (C=O) groups excluding carboxylic acids is 1. The summed E-state index contributed by atoms with van der Waals surface area (Å²) in [7, 11) is 0. The number of nitrogens with zero attached hydrogens (tertiary/aromatic N) is 2. The molecule has 0 spiro atoms. The van der Waals surface area contributed by atoms with Gasteiger partial charge in [-0.1, -0.05) is 0 Å². The molecule has 0 atom stereocenters. The van der Waals surface area contributed by atoms with Crippen LogP contribution in [0.2, 0.25) is 0 Å². The lowest BCUT2D eigenvalue weighted by molar-refractivity contribution is 0.100. The first-order valence-electron chi connectivity index (χ1n) is 5.47. The van der Waals surface area contributed by atoms with Crippen molar-refractivity contribution in [3.05, 3.63) is 41.7 Å². The van der Waals surface area contributed by atoms with E-state index in [1.807, 2.05) is 0 Å². The highest BCUT2D eigenvalue weighted by Crippen LogP contribution is 2.25. The zero-order chi connectivity index (χ0) is 13.8. The lowest BCUT2D eigenvalue weighted by Gasteiger charge is -2.09. The molecule has 1 aromatic heterocycles. The van der Waals surface area contributed by atoms with Gasteiger partial charge in [-0.2, -0.15) is 0 Å². The fourth-order valence-electron chi connectivity index (χ4n) is 1.48. The van der Waals surface area contributed by atoms with Gasteiger partial charge in [-0.3, -0.25) is 4.79 Å². The van der Waals surface area contributed by atoms with Crippen LogP contribution in [0.5, 0.6) is 11.6 Å². The number of rotatable bonds is 4. The van der Waals surface area contributed by atoms with Crippen molar-refractivity contribution in [2.45, 2.75) is 6.92 Å². The maximum absolute atomic E-state index is 10.9. The second kappa shape index (κ2) is 5.32. The van der Waals surface area contributed by atoms with Crippen LogP contribution in [-0.2, 0) is 0 Å². The molecule has 98 valence electrons. The highest BCUT2D eigenvalue weighted by Gasteiger charge is 2.08. The fourth-order valence-corrected chi connectivity index (χ4v) is 1.48. The van der Waals surface area contributed by atoms with E-state index in [-0.39, 0.29) is 0 Å². The molecule has 2 rings (SSSR count). The van der Waals surface area contributed by atoms with E-state index in [1.165, 1.54) is 6.33 Å². The largest absolute Gasteiger partial charge is 0.439 e. The number of primary amides is 1. The van der Waals surface area contributed by atoms with Crippen LogP contribution in [-0.4, -0.2) is 15.9 Å². The highest BCUT2D eigenvalue weighted by molar-refractivity contribution is 5.92. The van der Waals surface area contributed by atoms with Crippen LogP contribution < -0.4 is 21.7 Å². The maximum atomic E-state index is 10.9. The number of carbonyl (C=O) groups is 1. The number of anilines is 1. The van der Waals surface area contributed by atoms with Crippen LogP contribution in [0.25, 0.3) is 0 Å². The molecule has 0 bridgehead atoms. The number of hydrogen-bond acceptors (Lipinski definition) is 6. The Morgan fingerprint density at radius 3 is 2.53 bits per heavy atom. The first-order chi connectivity index (χ1) is 9.11. The average molecular weight is 259 g/mol. The number of ether oxygens (including phenoxy) is 1. The van der Waals surface area contributed by atoms with Crippen molar-refractivity contribution in [3.8, 4) is 11.6 Å². The predicted octanol–water partition coefficient (Wildman–Crippen LogP) is 0.962. The van der Waals surface area contributed by atoms with Crippen LogP contribution in [0.15, 0.2) is 30.6 Å². The summed E-state index contributed by atoms with van der Waals surface area (Å²) in [5.41, 5.74) is 8.71. The third-order valence-corrected chi connectivity index (χ3v) is 2.53. The van der Waals surface area contributed by atoms with E-state index in [2.05, 4.69) is 15.4 Å². The van der Waals surface area contributed by atoms with Gasteiger partial charge in [0.15, 0.2) is 0 Å². The number of benzene rings is 1. The zero-order valence-electron chi connectivity index (χ0n) is 10.3. The van der Waals surface area contributed by atoms with Crippen LogP contribution in [0, 0.1) is 6.92 Å². The molecule has 7 nitrogen and oxygen atoms in total. The van der Waals surface area contributed by atoms with Crippen LogP contribution in [0.3, 0.4) is 0 Å². The molecule has 0 fully saturated rings. The number of hydrazine groups is 1. The molecular weight excluding hydrogens is 246 g/mol. The van der Waals surface area contributed by atoms with Crippen molar-refractivity contribution < 1.29 is 9.53 Å². The SMILES string of the molecule is Cc1c(NN)ncnc1Oc1ccc(C(N)=O)cc1. The molecule has 0 aliphatic rings. The Morgan fingerprint density at radius 1 is 1.26 bits per heavy atom. The second-order valence-electron chi connectivity index (χ2n) is 3.79. The third kappa shape index (κ3) is 2.78. The molecule has 7 heteroatoms. The minimum atomic E-state index is -0.487. The first-order valence-corrected chi connectivity index (χ1v) is 5.47. The molecule has 0 aliphatic heterocycles. The number of nitrogens with one attached hydrogen (secondary N) is 1. The Hall–Kier alpha value is -2.67. The normalized spacial score (nSPS) is 10.0. The smallest absolute Gasteiger partial charge is 0.248 e. The standard InChI is InChI=1S/C12H13N5O2/c1-7-11(17-14)15-6-16-12(7)19-9-4-2-8(3-5-9)10(13)18/h2-6H,14H2,1H3,(H2,13,18)(H,15,16,17). The van der Waals surface area contributed by atoms with Gasteiger partial charge >= 0.3 is 0 Å². The minimum absolute atomic E-state index is 0.384. The maximum Gasteiger partial charge on any atom is 0.248 e. The molecule has 0 aliphatic carbocycles. The third-order valence-electron chi connectivity index (χ3n) is 2.53. The van der Waals surface area contributed by atoms with E-state index >= 15 is 0 Å². The first kappa shape index (κ1) is 12.8. The van der Waals surface area contributed by atoms with Gasteiger partial charge in [0, 0.05) is 5.56 Å². The topological polar surface area (TPSA) is 116 Å².